The van der Waals surface area contributed by atoms with E-state index in [1.807, 2.05) is 13.8 Å². The van der Waals surface area contributed by atoms with Crippen molar-refractivity contribution < 1.29 is 23.9 Å². The summed E-state index contributed by atoms with van der Waals surface area (Å²) in [6, 6.07) is 5.41. The highest BCUT2D eigenvalue weighted by molar-refractivity contribution is 6.19. The third kappa shape index (κ3) is 4.43. The van der Waals surface area contributed by atoms with Crippen LogP contribution in [-0.2, 0) is 19.1 Å². The summed E-state index contributed by atoms with van der Waals surface area (Å²) in [7, 11) is 1.28. The van der Waals surface area contributed by atoms with E-state index in [4.69, 9.17) is 4.74 Å². The van der Waals surface area contributed by atoms with Crippen molar-refractivity contribution in [2.45, 2.75) is 39.2 Å². The fourth-order valence-electron chi connectivity index (χ4n) is 2.70. The number of ether oxygens (including phenoxy) is 1. The molecule has 1 aromatic carbocycles. The van der Waals surface area contributed by atoms with E-state index in [1.54, 1.807) is 12.1 Å². The Morgan fingerprint density at radius 2 is 1.68 bits per heavy atom. The normalized spacial score (nSPS) is 15.4. The van der Waals surface area contributed by atoms with Crippen molar-refractivity contribution in [1.82, 2.24) is 5.32 Å². The lowest BCUT2D eigenvalue weighted by atomic mass is 10.0. The Labute approximate surface area is 146 Å². The number of amides is 3. The first-order chi connectivity index (χ1) is 11.8. The van der Waals surface area contributed by atoms with E-state index in [0.29, 0.717) is 17.7 Å². The van der Waals surface area contributed by atoms with Gasteiger partial charge in [0.1, 0.15) is 6.04 Å². The molecule has 25 heavy (non-hydrogen) atoms. The summed E-state index contributed by atoms with van der Waals surface area (Å²) < 4.78 is 4.72. The van der Waals surface area contributed by atoms with Crippen LogP contribution in [0.2, 0.25) is 0 Å². The third-order valence-corrected chi connectivity index (χ3v) is 3.94. The largest absolute Gasteiger partial charge is 0.467 e. The molecule has 0 aromatic heterocycles. The molecule has 1 atom stereocenters. The summed E-state index contributed by atoms with van der Waals surface area (Å²) in [5.74, 6) is -1.19. The Morgan fingerprint density at radius 3 is 2.16 bits per heavy atom. The smallest absolute Gasteiger partial charge is 0.328 e. The highest BCUT2D eigenvalue weighted by Gasteiger charge is 2.30. The molecule has 3 amide bonds. The first-order valence-electron chi connectivity index (χ1n) is 8.18. The molecule has 1 heterocycles. The van der Waals surface area contributed by atoms with Crippen LogP contribution in [0.5, 0.6) is 0 Å². The second-order valence-corrected chi connectivity index (χ2v) is 6.35. The first-order valence-corrected chi connectivity index (χ1v) is 8.18. The van der Waals surface area contributed by atoms with Crippen molar-refractivity contribution in [1.29, 1.82) is 0 Å². The van der Waals surface area contributed by atoms with Crippen LogP contribution in [0.4, 0.5) is 5.69 Å². The number of nitrogens with one attached hydrogen (secondary N) is 1. The molecule has 1 saturated heterocycles. The van der Waals surface area contributed by atoms with E-state index in [1.165, 1.54) is 19.2 Å². The van der Waals surface area contributed by atoms with Gasteiger partial charge in [0.05, 0.1) is 12.8 Å². The number of nitrogens with zero attached hydrogens (tertiary/aromatic N) is 1. The molecule has 134 valence electrons. The number of rotatable bonds is 6. The molecule has 0 spiro atoms. The van der Waals surface area contributed by atoms with Gasteiger partial charge < -0.3 is 10.1 Å². The summed E-state index contributed by atoms with van der Waals surface area (Å²) in [6.45, 7) is 3.89. The van der Waals surface area contributed by atoms with Crippen LogP contribution in [-0.4, -0.2) is 36.8 Å². The lowest BCUT2D eigenvalue weighted by Gasteiger charge is -2.19. The lowest BCUT2D eigenvalue weighted by molar-refractivity contribution is -0.143. The predicted molar refractivity (Wildman–Crippen MR) is 90.9 cm³/mol. The number of benzene rings is 1. The summed E-state index contributed by atoms with van der Waals surface area (Å²) in [5.41, 5.74) is 0.774. The van der Waals surface area contributed by atoms with Crippen molar-refractivity contribution in [3.05, 3.63) is 29.8 Å². The Morgan fingerprint density at radius 1 is 1.12 bits per heavy atom. The van der Waals surface area contributed by atoms with E-state index < -0.39 is 17.9 Å². The van der Waals surface area contributed by atoms with Gasteiger partial charge in [-0.15, -0.1) is 0 Å². The van der Waals surface area contributed by atoms with Crippen molar-refractivity contribution in [2.24, 2.45) is 5.92 Å². The lowest BCUT2D eigenvalue weighted by Crippen LogP contribution is -2.42. The van der Waals surface area contributed by atoms with Crippen LogP contribution >= 0.6 is 0 Å². The molecule has 0 aliphatic carbocycles. The molecule has 1 aliphatic rings. The predicted octanol–water partition coefficient (Wildman–Crippen LogP) is 1.66. The standard InChI is InChI=1S/C18H22N2O5/c1-11(2)10-14(18(24)25-3)19-17(23)12-4-6-13(7-5-12)20-15(21)8-9-16(20)22/h4-7,11,14H,8-10H2,1-3H3,(H,19,23)/t14-/m0/s1. The summed E-state index contributed by atoms with van der Waals surface area (Å²) >= 11 is 0. The summed E-state index contributed by atoms with van der Waals surface area (Å²) in [4.78, 5) is 48.7. The summed E-state index contributed by atoms with van der Waals surface area (Å²) in [6.07, 6.45) is 0.876. The number of carbonyl (C=O) groups is 4. The number of anilines is 1. The van der Waals surface area contributed by atoms with E-state index in [9.17, 15) is 19.2 Å². The van der Waals surface area contributed by atoms with Crippen molar-refractivity contribution in [2.75, 3.05) is 12.0 Å². The molecular weight excluding hydrogens is 324 g/mol. The fraction of sp³-hybridized carbons (Fsp3) is 0.444. The quantitative estimate of drug-likeness (QED) is 0.625. The minimum atomic E-state index is -0.723. The van der Waals surface area contributed by atoms with Gasteiger partial charge in [0.25, 0.3) is 5.91 Å². The Balaban J connectivity index is 2.10. The van der Waals surface area contributed by atoms with Crippen LogP contribution in [0.25, 0.3) is 0 Å². The molecular formula is C18H22N2O5. The number of esters is 1. The zero-order valence-electron chi connectivity index (χ0n) is 14.6. The van der Waals surface area contributed by atoms with Crippen molar-refractivity contribution >= 4 is 29.4 Å². The average Bonchev–Trinajstić information content (AvgIpc) is 2.91. The third-order valence-electron chi connectivity index (χ3n) is 3.94. The fourth-order valence-corrected chi connectivity index (χ4v) is 2.70. The molecule has 7 heteroatoms. The van der Waals surface area contributed by atoms with Gasteiger partial charge in [0.15, 0.2) is 0 Å². The number of hydrogen-bond donors (Lipinski definition) is 1. The monoisotopic (exact) mass is 346 g/mol. The molecule has 1 aliphatic heterocycles. The molecule has 2 rings (SSSR count). The van der Waals surface area contributed by atoms with E-state index in [2.05, 4.69) is 5.32 Å². The molecule has 0 saturated carbocycles. The highest BCUT2D eigenvalue weighted by Crippen LogP contribution is 2.22. The molecule has 0 radical (unpaired) electrons. The Kier molecular flexibility index (Phi) is 5.90. The number of carbonyl (C=O) groups excluding carboxylic acids is 4. The van der Waals surface area contributed by atoms with Crippen LogP contribution in [0.1, 0.15) is 43.5 Å². The number of methoxy groups -OCH3 is 1. The molecule has 1 N–H and O–H groups in total. The maximum absolute atomic E-state index is 12.4. The van der Waals surface area contributed by atoms with Crippen molar-refractivity contribution in [3.63, 3.8) is 0 Å². The SMILES string of the molecule is COC(=O)[C@H](CC(C)C)NC(=O)c1ccc(N2C(=O)CCC2=O)cc1. The minimum absolute atomic E-state index is 0.205. The van der Waals surface area contributed by atoms with E-state index in [-0.39, 0.29) is 30.6 Å². The molecule has 7 nitrogen and oxygen atoms in total. The average molecular weight is 346 g/mol. The van der Waals surface area contributed by atoms with Crippen LogP contribution in [0.3, 0.4) is 0 Å². The van der Waals surface area contributed by atoms with Gasteiger partial charge >= 0.3 is 5.97 Å². The first kappa shape index (κ1) is 18.6. The molecule has 0 unspecified atom stereocenters. The Bertz CT molecular complexity index is 665. The zero-order valence-corrected chi connectivity index (χ0v) is 14.6. The van der Waals surface area contributed by atoms with Crippen LogP contribution in [0.15, 0.2) is 24.3 Å². The number of hydrogen-bond acceptors (Lipinski definition) is 5. The molecule has 1 fully saturated rings. The summed E-state index contributed by atoms with van der Waals surface area (Å²) in [5, 5.41) is 2.66. The van der Waals surface area contributed by atoms with Gasteiger partial charge in [-0.25, -0.2) is 4.79 Å². The van der Waals surface area contributed by atoms with Gasteiger partial charge in [-0.3, -0.25) is 19.3 Å². The molecule has 0 bridgehead atoms. The second-order valence-electron chi connectivity index (χ2n) is 6.35. The topological polar surface area (TPSA) is 92.8 Å². The van der Waals surface area contributed by atoms with Gasteiger partial charge in [-0.1, -0.05) is 13.8 Å². The van der Waals surface area contributed by atoms with Gasteiger partial charge in [-0.05, 0) is 36.6 Å². The van der Waals surface area contributed by atoms with Gasteiger partial charge in [-0.2, -0.15) is 0 Å². The Hall–Kier alpha value is -2.70. The number of imide groups is 1. The van der Waals surface area contributed by atoms with Crippen LogP contribution < -0.4 is 10.2 Å². The highest BCUT2D eigenvalue weighted by atomic mass is 16.5. The van der Waals surface area contributed by atoms with E-state index >= 15 is 0 Å². The molecule has 1 aromatic rings. The minimum Gasteiger partial charge on any atom is -0.467 e. The van der Waals surface area contributed by atoms with Crippen molar-refractivity contribution in [3.8, 4) is 0 Å². The van der Waals surface area contributed by atoms with Gasteiger partial charge in [0, 0.05) is 18.4 Å². The van der Waals surface area contributed by atoms with Crippen LogP contribution in [0, 0.1) is 5.92 Å². The maximum atomic E-state index is 12.4. The van der Waals surface area contributed by atoms with E-state index in [0.717, 1.165) is 4.90 Å². The zero-order chi connectivity index (χ0) is 18.6. The maximum Gasteiger partial charge on any atom is 0.328 e. The van der Waals surface area contributed by atoms with Gasteiger partial charge in [0.2, 0.25) is 11.8 Å². The second kappa shape index (κ2) is 7.92.